The van der Waals surface area contributed by atoms with Gasteiger partial charge in [-0.1, -0.05) is 0 Å². The topological polar surface area (TPSA) is 73.2 Å². The van der Waals surface area contributed by atoms with Crippen LogP contribution in [0, 0.1) is 11.3 Å². The van der Waals surface area contributed by atoms with Gasteiger partial charge in [0.05, 0.1) is 6.61 Å². The molecule has 0 saturated heterocycles. The van der Waals surface area contributed by atoms with Gasteiger partial charge in [-0.05, 0) is 12.7 Å². The molecule has 0 heterocycles. The first kappa shape index (κ1) is 15.8. The Bertz CT molecular complexity index is 273. The predicted octanol–water partition coefficient (Wildman–Crippen LogP) is -3.04. The maximum Gasteiger partial charge on any atom is 1.00 e. The number of ether oxygens (including phenoxy) is 1. The van der Waals surface area contributed by atoms with Crippen molar-refractivity contribution in [1.29, 1.82) is 5.26 Å². The molecule has 0 aromatic carbocycles. The van der Waals surface area contributed by atoms with E-state index < -0.39 is 23.7 Å². The fourth-order valence-electron chi connectivity index (χ4n) is 0.514. The van der Waals surface area contributed by atoms with Gasteiger partial charge in [0.2, 0.25) is 0 Å². The first-order valence-corrected chi connectivity index (χ1v) is 3.31. The number of hydrogen-bond donors (Lipinski definition) is 0. The van der Waals surface area contributed by atoms with Crippen molar-refractivity contribution < 1.29 is 53.0 Å². The van der Waals surface area contributed by atoms with Gasteiger partial charge >= 0.3 is 35.5 Å². The minimum atomic E-state index is -3.36. The van der Waals surface area contributed by atoms with Crippen LogP contribution in [0.2, 0.25) is 0 Å². The van der Waals surface area contributed by atoms with E-state index >= 15 is 0 Å². The fourth-order valence-corrected chi connectivity index (χ4v) is 0.514. The summed E-state index contributed by atoms with van der Waals surface area (Å²) in [6.45, 7) is 1.35. The molecule has 0 rings (SSSR count). The van der Waals surface area contributed by atoms with E-state index in [1.165, 1.54) is 6.92 Å². The van der Waals surface area contributed by atoms with E-state index in [-0.39, 0.29) is 36.2 Å². The molecule has 0 N–H and O–H groups in total. The molecule has 0 spiro atoms. The van der Waals surface area contributed by atoms with Gasteiger partial charge in [0.25, 0.3) is 6.43 Å². The van der Waals surface area contributed by atoms with Crippen LogP contribution in [-0.2, 0) is 9.53 Å². The molecule has 0 aliphatic heterocycles. The summed E-state index contributed by atoms with van der Waals surface area (Å²) < 4.78 is 27.7. The van der Waals surface area contributed by atoms with Crippen LogP contribution in [0.25, 0.3) is 0 Å². The van der Waals surface area contributed by atoms with Gasteiger partial charge in [-0.25, -0.2) is 13.6 Å². The van der Waals surface area contributed by atoms with E-state index in [0.29, 0.717) is 0 Å². The van der Waals surface area contributed by atoms with Crippen molar-refractivity contribution in [3.63, 3.8) is 0 Å². The van der Waals surface area contributed by atoms with Crippen LogP contribution < -0.4 is 34.7 Å². The van der Waals surface area contributed by atoms with Crippen LogP contribution in [-0.4, -0.2) is 19.0 Å². The van der Waals surface area contributed by atoms with Gasteiger partial charge in [-0.2, -0.15) is 5.26 Å². The molecular formula is C7H6F2NNaO3. The van der Waals surface area contributed by atoms with Crippen LogP contribution in [0.15, 0.2) is 11.3 Å². The monoisotopic (exact) mass is 213 g/mol. The molecule has 7 heteroatoms. The number of halogens is 2. The van der Waals surface area contributed by atoms with Gasteiger partial charge in [-0.15, -0.1) is 0 Å². The van der Waals surface area contributed by atoms with E-state index in [4.69, 9.17) is 5.26 Å². The first-order valence-electron chi connectivity index (χ1n) is 3.31. The van der Waals surface area contributed by atoms with Crippen LogP contribution in [0.1, 0.15) is 6.92 Å². The van der Waals surface area contributed by atoms with E-state index in [2.05, 4.69) is 4.74 Å². The number of carbonyl (C=O) groups is 1. The summed E-state index contributed by atoms with van der Waals surface area (Å²) in [5, 5.41) is 18.7. The van der Waals surface area contributed by atoms with Crippen molar-refractivity contribution in [3.8, 4) is 6.07 Å². The van der Waals surface area contributed by atoms with Crippen molar-refractivity contribution in [2.45, 2.75) is 13.3 Å². The van der Waals surface area contributed by atoms with Gasteiger partial charge in [-0.3, -0.25) is 0 Å². The van der Waals surface area contributed by atoms with E-state index in [0.717, 1.165) is 6.07 Å². The van der Waals surface area contributed by atoms with Crippen LogP contribution in [0.5, 0.6) is 0 Å². The zero-order valence-corrected chi connectivity index (χ0v) is 9.71. The molecule has 0 amide bonds. The SMILES string of the molecule is CCOC(=O)/C(C#N)=C(\[O-])C(F)F.[Na+]. The average molecular weight is 213 g/mol. The van der Waals surface area contributed by atoms with Crippen molar-refractivity contribution in [1.82, 2.24) is 0 Å². The van der Waals surface area contributed by atoms with E-state index in [9.17, 15) is 18.7 Å². The van der Waals surface area contributed by atoms with E-state index in [1.54, 1.807) is 0 Å². The average Bonchev–Trinajstić information content (AvgIpc) is 2.05. The largest absolute Gasteiger partial charge is 1.00 e. The number of alkyl halides is 2. The quantitative estimate of drug-likeness (QED) is 0.164. The summed E-state index contributed by atoms with van der Waals surface area (Å²) >= 11 is 0. The minimum Gasteiger partial charge on any atom is -0.871 e. The number of carbonyl (C=O) groups excluding carboxylic acids is 1. The molecule has 0 bridgehead atoms. The Hall–Kier alpha value is -0.640. The van der Waals surface area contributed by atoms with Crippen LogP contribution in [0.4, 0.5) is 8.78 Å². The van der Waals surface area contributed by atoms with Gasteiger partial charge < -0.3 is 9.84 Å². The fraction of sp³-hybridized carbons (Fsp3) is 0.429. The second-order valence-electron chi connectivity index (χ2n) is 1.87. The Morgan fingerprint density at radius 3 is 2.43 bits per heavy atom. The molecule has 0 atom stereocenters. The number of nitrogens with zero attached hydrogens (tertiary/aromatic N) is 1. The molecule has 4 nitrogen and oxygen atoms in total. The summed E-state index contributed by atoms with van der Waals surface area (Å²) in [6, 6.07) is 1.08. The van der Waals surface area contributed by atoms with Crippen molar-refractivity contribution in [2.75, 3.05) is 6.61 Å². The third kappa shape index (κ3) is 4.56. The molecule has 0 saturated carbocycles. The maximum atomic E-state index is 11.7. The number of hydrogen-bond acceptors (Lipinski definition) is 4. The maximum absolute atomic E-state index is 11.7. The van der Waals surface area contributed by atoms with Gasteiger partial charge in [0.1, 0.15) is 11.6 Å². The Balaban J connectivity index is 0. The van der Waals surface area contributed by atoms with Crippen LogP contribution in [0.3, 0.4) is 0 Å². The molecule has 72 valence electrons. The first-order chi connectivity index (χ1) is 6.04. The Morgan fingerprint density at radius 2 is 2.14 bits per heavy atom. The summed E-state index contributed by atoms with van der Waals surface area (Å²) in [7, 11) is 0. The summed E-state index contributed by atoms with van der Waals surface area (Å²) in [5.41, 5.74) is -1.17. The standard InChI is InChI=1S/C7H7F2NO3.Na/c1-2-13-7(12)4(3-10)5(11)6(8)9;/h6,11H,2H2,1H3;/q;+1/p-1/b5-4-;. The van der Waals surface area contributed by atoms with Gasteiger partial charge in [0, 0.05) is 0 Å². The summed E-state index contributed by atoms with van der Waals surface area (Å²) in [6.07, 6.45) is -3.36. The Labute approximate surface area is 101 Å². The molecular weight excluding hydrogens is 207 g/mol. The second kappa shape index (κ2) is 7.74. The molecule has 0 radical (unpaired) electrons. The molecule has 0 fully saturated rings. The van der Waals surface area contributed by atoms with Crippen molar-refractivity contribution >= 4 is 5.97 Å². The smallest absolute Gasteiger partial charge is 0.871 e. The van der Waals surface area contributed by atoms with E-state index in [1.807, 2.05) is 0 Å². The van der Waals surface area contributed by atoms with Crippen molar-refractivity contribution in [2.24, 2.45) is 0 Å². The molecule has 14 heavy (non-hydrogen) atoms. The Kier molecular flexibility index (Phi) is 8.74. The molecule has 0 aromatic heterocycles. The van der Waals surface area contributed by atoms with Crippen LogP contribution >= 0.6 is 0 Å². The zero-order valence-electron chi connectivity index (χ0n) is 7.71. The van der Waals surface area contributed by atoms with Gasteiger partial charge in [0.15, 0.2) is 0 Å². The van der Waals surface area contributed by atoms with Crippen molar-refractivity contribution in [3.05, 3.63) is 11.3 Å². The number of allylic oxidation sites excluding steroid dienone is 1. The molecule has 0 aliphatic rings. The number of rotatable bonds is 3. The molecule has 0 unspecified atom stereocenters. The zero-order chi connectivity index (χ0) is 10.4. The third-order valence-electron chi connectivity index (χ3n) is 1.04. The Morgan fingerprint density at radius 1 is 1.64 bits per heavy atom. The number of nitriles is 1. The molecule has 0 aliphatic carbocycles. The number of esters is 1. The summed E-state index contributed by atoms with van der Waals surface area (Å²) in [4.78, 5) is 10.7. The minimum absolute atomic E-state index is 0. The molecule has 0 aromatic rings. The summed E-state index contributed by atoms with van der Waals surface area (Å²) in [5.74, 6) is -3.11. The normalized spacial score (nSPS) is 11.1. The second-order valence-corrected chi connectivity index (χ2v) is 1.87. The predicted molar refractivity (Wildman–Crippen MR) is 35.3 cm³/mol. The third-order valence-corrected chi connectivity index (χ3v) is 1.04.